The fraction of sp³-hybridized carbons (Fsp3) is 0.857. The van der Waals surface area contributed by atoms with Crippen LogP contribution >= 0.6 is 9.24 Å². The fourth-order valence-corrected chi connectivity index (χ4v) is 1.39. The normalized spacial score (nSPS) is 26.2. The zero-order valence-electron chi connectivity index (χ0n) is 5.81. The quantitative estimate of drug-likeness (QED) is 0.473. The van der Waals surface area contributed by atoms with Crippen LogP contribution in [0.25, 0.3) is 0 Å². The van der Waals surface area contributed by atoms with Gasteiger partial charge in [0.15, 0.2) is 0 Å². The Balaban J connectivity index is 2.44. The molecule has 9 heavy (non-hydrogen) atoms. The Morgan fingerprint density at radius 3 is 2.22 bits per heavy atom. The smallest absolute Gasteiger partial charge is 0.132 e. The molecule has 1 saturated carbocycles. The molecule has 0 bridgehead atoms. The number of hydrogen-bond donors (Lipinski definition) is 0. The summed E-state index contributed by atoms with van der Waals surface area (Å²) in [4.78, 5) is 10.7. The summed E-state index contributed by atoms with van der Waals surface area (Å²) in [6, 6.07) is 0. The van der Waals surface area contributed by atoms with Gasteiger partial charge in [-0.25, -0.2) is 0 Å². The van der Waals surface area contributed by atoms with E-state index < -0.39 is 0 Å². The minimum atomic E-state index is 0.355. The van der Waals surface area contributed by atoms with E-state index in [-0.39, 0.29) is 0 Å². The van der Waals surface area contributed by atoms with E-state index in [0.717, 1.165) is 25.7 Å². The van der Waals surface area contributed by atoms with Gasteiger partial charge in [0.05, 0.1) is 0 Å². The van der Waals surface area contributed by atoms with Gasteiger partial charge >= 0.3 is 0 Å². The first kappa shape index (κ1) is 7.21. The highest BCUT2D eigenvalue weighted by molar-refractivity contribution is 7.18. The van der Waals surface area contributed by atoms with Gasteiger partial charge < -0.3 is 0 Å². The Morgan fingerprint density at radius 1 is 1.44 bits per heavy atom. The second-order valence-electron chi connectivity index (χ2n) is 3.19. The molecule has 0 aromatic carbocycles. The second-order valence-corrected chi connectivity index (χ2v) is 4.59. The Kier molecular flexibility index (Phi) is 1.91. The van der Waals surface area contributed by atoms with E-state index in [1.54, 1.807) is 0 Å². The van der Waals surface area contributed by atoms with Crippen molar-refractivity contribution >= 4 is 15.0 Å². The maximum atomic E-state index is 10.7. The van der Waals surface area contributed by atoms with Gasteiger partial charge in [-0.2, -0.15) is 0 Å². The lowest BCUT2D eigenvalue weighted by Gasteiger charge is -2.27. The molecule has 0 spiro atoms. The van der Waals surface area contributed by atoms with Crippen molar-refractivity contribution in [3.8, 4) is 0 Å². The van der Waals surface area contributed by atoms with Crippen LogP contribution in [0, 0.1) is 0 Å². The van der Waals surface area contributed by atoms with Crippen molar-refractivity contribution in [3.63, 3.8) is 0 Å². The van der Waals surface area contributed by atoms with E-state index in [9.17, 15) is 4.79 Å². The molecule has 0 aromatic rings. The Hall–Kier alpha value is 0.100. The zero-order valence-corrected chi connectivity index (χ0v) is 6.97. The lowest BCUT2D eigenvalue weighted by Crippen LogP contribution is -2.23. The first-order valence-corrected chi connectivity index (χ1v) is 3.98. The summed E-state index contributed by atoms with van der Waals surface area (Å²) < 4.78 is 0. The lowest BCUT2D eigenvalue weighted by molar-refractivity contribution is -0.120. The van der Waals surface area contributed by atoms with Crippen LogP contribution in [0.4, 0.5) is 0 Å². The number of rotatable bonds is 0. The van der Waals surface area contributed by atoms with Crippen LogP contribution in [0.1, 0.15) is 32.6 Å². The number of carbonyl (C=O) groups excluding carboxylic acids is 1. The van der Waals surface area contributed by atoms with Gasteiger partial charge in [-0.15, -0.1) is 9.24 Å². The predicted octanol–water partition coefficient (Wildman–Crippen LogP) is 1.76. The van der Waals surface area contributed by atoms with E-state index in [2.05, 4.69) is 16.2 Å². The van der Waals surface area contributed by atoms with E-state index in [0.29, 0.717) is 10.9 Å². The van der Waals surface area contributed by atoms with Crippen LogP contribution in [-0.4, -0.2) is 10.9 Å². The van der Waals surface area contributed by atoms with E-state index in [1.807, 2.05) is 0 Å². The Morgan fingerprint density at radius 2 is 1.89 bits per heavy atom. The molecule has 1 aliphatic carbocycles. The lowest BCUT2D eigenvalue weighted by atomic mass is 9.89. The summed E-state index contributed by atoms with van der Waals surface area (Å²) >= 11 is 0. The van der Waals surface area contributed by atoms with Crippen LogP contribution in [0.2, 0.25) is 0 Å². The molecule has 52 valence electrons. The largest absolute Gasteiger partial charge is 0.300 e. The molecule has 0 saturated heterocycles. The van der Waals surface area contributed by atoms with Crippen molar-refractivity contribution in [3.05, 3.63) is 0 Å². The van der Waals surface area contributed by atoms with Crippen LogP contribution in [0.15, 0.2) is 0 Å². The number of carbonyl (C=O) groups is 1. The van der Waals surface area contributed by atoms with Crippen LogP contribution < -0.4 is 0 Å². The zero-order chi connectivity index (χ0) is 6.91. The highest BCUT2D eigenvalue weighted by Crippen LogP contribution is 2.33. The molecule has 1 atom stereocenters. The Labute approximate surface area is 58.4 Å². The van der Waals surface area contributed by atoms with Gasteiger partial charge in [0.25, 0.3) is 0 Å². The van der Waals surface area contributed by atoms with E-state index in [1.165, 1.54) is 0 Å². The van der Waals surface area contributed by atoms with Crippen molar-refractivity contribution in [1.29, 1.82) is 0 Å². The molecular formula is C7H13OP. The predicted molar refractivity (Wildman–Crippen MR) is 41.6 cm³/mol. The van der Waals surface area contributed by atoms with Gasteiger partial charge in [0.2, 0.25) is 0 Å². The van der Waals surface area contributed by atoms with Crippen molar-refractivity contribution in [2.75, 3.05) is 0 Å². The summed E-state index contributed by atoms with van der Waals surface area (Å²) in [6.07, 6.45) is 3.69. The van der Waals surface area contributed by atoms with Crippen LogP contribution in [0.3, 0.4) is 0 Å². The minimum Gasteiger partial charge on any atom is -0.300 e. The molecule has 0 amide bonds. The topological polar surface area (TPSA) is 17.1 Å². The van der Waals surface area contributed by atoms with E-state index in [4.69, 9.17) is 0 Å². The molecular weight excluding hydrogens is 131 g/mol. The second kappa shape index (κ2) is 2.38. The highest BCUT2D eigenvalue weighted by Gasteiger charge is 2.24. The molecule has 1 aliphatic rings. The molecule has 0 aliphatic heterocycles. The molecule has 0 aromatic heterocycles. The summed E-state index contributed by atoms with van der Waals surface area (Å²) in [5, 5.41) is 0.355. The third-order valence-corrected chi connectivity index (χ3v) is 2.53. The number of Topliss-reactive ketones (excluding diaryl/α,β-unsaturated/α-hetero) is 1. The fourth-order valence-electron chi connectivity index (χ4n) is 1.10. The van der Waals surface area contributed by atoms with Crippen molar-refractivity contribution in [2.24, 2.45) is 0 Å². The van der Waals surface area contributed by atoms with Crippen molar-refractivity contribution in [1.82, 2.24) is 0 Å². The minimum absolute atomic E-state index is 0.355. The Bertz CT molecular complexity index is 117. The monoisotopic (exact) mass is 144 g/mol. The van der Waals surface area contributed by atoms with Gasteiger partial charge in [0, 0.05) is 12.8 Å². The van der Waals surface area contributed by atoms with Gasteiger partial charge in [-0.3, -0.25) is 4.79 Å². The van der Waals surface area contributed by atoms with Crippen LogP contribution in [0.5, 0.6) is 0 Å². The van der Waals surface area contributed by atoms with Gasteiger partial charge in [0.1, 0.15) is 5.78 Å². The third kappa shape index (κ3) is 2.06. The summed E-state index contributed by atoms with van der Waals surface area (Å²) in [5.41, 5.74) is 0. The molecule has 1 fully saturated rings. The molecule has 1 nitrogen and oxygen atoms in total. The first-order chi connectivity index (χ1) is 4.10. The van der Waals surface area contributed by atoms with Crippen LogP contribution in [-0.2, 0) is 4.79 Å². The van der Waals surface area contributed by atoms with Gasteiger partial charge in [-0.05, 0) is 18.0 Å². The number of hydrogen-bond acceptors (Lipinski definition) is 1. The maximum Gasteiger partial charge on any atom is 0.132 e. The third-order valence-electron chi connectivity index (χ3n) is 1.95. The maximum absolute atomic E-state index is 10.7. The number of ketones is 1. The van der Waals surface area contributed by atoms with Crippen molar-refractivity contribution in [2.45, 2.75) is 37.8 Å². The summed E-state index contributed by atoms with van der Waals surface area (Å²) in [7, 11) is 2.83. The standard InChI is InChI=1S/C7H13OP/c1-7(9)4-2-6(8)3-5-7/h2-5,9H2,1H3. The SMILES string of the molecule is CC1(P)CCC(=O)CC1. The average Bonchev–Trinajstić information content (AvgIpc) is 1.78. The first-order valence-electron chi connectivity index (χ1n) is 3.41. The van der Waals surface area contributed by atoms with Crippen molar-refractivity contribution < 1.29 is 4.79 Å². The molecule has 2 heteroatoms. The molecule has 0 heterocycles. The van der Waals surface area contributed by atoms with E-state index >= 15 is 0 Å². The molecule has 0 N–H and O–H groups in total. The molecule has 0 radical (unpaired) electrons. The highest BCUT2D eigenvalue weighted by atomic mass is 31.0. The molecule has 1 rings (SSSR count). The summed E-state index contributed by atoms with van der Waals surface area (Å²) in [5.74, 6) is 0.440. The molecule has 1 unspecified atom stereocenters. The summed E-state index contributed by atoms with van der Waals surface area (Å²) in [6.45, 7) is 2.20. The average molecular weight is 144 g/mol. The van der Waals surface area contributed by atoms with Gasteiger partial charge in [-0.1, -0.05) is 6.92 Å².